The first-order valence-corrected chi connectivity index (χ1v) is 7.63. The third-order valence-corrected chi connectivity index (χ3v) is 4.62. The molecule has 1 saturated carbocycles. The van der Waals surface area contributed by atoms with Crippen LogP contribution in [-0.2, 0) is 0 Å². The van der Waals surface area contributed by atoms with Gasteiger partial charge < -0.3 is 10.0 Å². The van der Waals surface area contributed by atoms with Crippen LogP contribution in [0.3, 0.4) is 0 Å². The van der Waals surface area contributed by atoms with E-state index in [2.05, 4.69) is 6.92 Å². The molecule has 0 saturated heterocycles. The van der Waals surface area contributed by atoms with E-state index >= 15 is 0 Å². The van der Waals surface area contributed by atoms with Gasteiger partial charge in [-0.3, -0.25) is 4.79 Å². The molecule has 1 aliphatic carbocycles. The van der Waals surface area contributed by atoms with E-state index in [4.69, 9.17) is 5.11 Å². The lowest BCUT2D eigenvalue weighted by Crippen LogP contribution is -2.39. The highest BCUT2D eigenvalue weighted by atomic mass is 16.4. The molecule has 1 aromatic carbocycles. The Balaban J connectivity index is 2.06. The summed E-state index contributed by atoms with van der Waals surface area (Å²) in [6.45, 7) is 2.22. The van der Waals surface area contributed by atoms with Crippen LogP contribution in [0.2, 0.25) is 0 Å². The summed E-state index contributed by atoms with van der Waals surface area (Å²) < 4.78 is 0. The van der Waals surface area contributed by atoms with Crippen LogP contribution in [0.25, 0.3) is 0 Å². The number of carboxylic acids is 1. The fourth-order valence-electron chi connectivity index (χ4n) is 3.10. The molecule has 1 aliphatic rings. The Labute approximate surface area is 125 Å². The number of aromatic carboxylic acids is 1. The van der Waals surface area contributed by atoms with Crippen molar-refractivity contribution in [2.45, 2.75) is 45.1 Å². The molecule has 4 nitrogen and oxygen atoms in total. The van der Waals surface area contributed by atoms with Gasteiger partial charge in [-0.2, -0.15) is 0 Å². The van der Waals surface area contributed by atoms with E-state index in [-0.39, 0.29) is 17.5 Å². The molecule has 0 aromatic heterocycles. The van der Waals surface area contributed by atoms with Gasteiger partial charge in [-0.25, -0.2) is 4.79 Å². The molecule has 21 heavy (non-hydrogen) atoms. The first-order chi connectivity index (χ1) is 10.0. The number of amides is 1. The largest absolute Gasteiger partial charge is 0.478 e. The van der Waals surface area contributed by atoms with E-state index in [1.807, 2.05) is 7.05 Å². The van der Waals surface area contributed by atoms with Gasteiger partial charge in [-0.1, -0.05) is 19.4 Å². The molecule has 0 heterocycles. The lowest BCUT2D eigenvalue weighted by Gasteiger charge is -2.34. The predicted octanol–water partition coefficient (Wildman–Crippen LogP) is 3.43. The third-order valence-electron chi connectivity index (χ3n) is 4.62. The predicted molar refractivity (Wildman–Crippen MR) is 81.5 cm³/mol. The summed E-state index contributed by atoms with van der Waals surface area (Å²) in [5, 5.41) is 9.01. The SMILES string of the molecule is CCC1CCC(N(C)C(=O)c2cccc(C(=O)O)c2)CC1. The normalized spacial score (nSPS) is 21.8. The van der Waals surface area contributed by atoms with Crippen molar-refractivity contribution < 1.29 is 14.7 Å². The highest BCUT2D eigenvalue weighted by Gasteiger charge is 2.26. The number of carbonyl (C=O) groups excluding carboxylic acids is 1. The molecule has 0 unspecified atom stereocenters. The molecule has 2 rings (SSSR count). The summed E-state index contributed by atoms with van der Waals surface area (Å²) in [7, 11) is 1.83. The topological polar surface area (TPSA) is 57.6 Å². The first kappa shape index (κ1) is 15.5. The molecule has 1 aromatic rings. The second kappa shape index (κ2) is 6.74. The van der Waals surface area contributed by atoms with Crippen LogP contribution >= 0.6 is 0 Å². The van der Waals surface area contributed by atoms with E-state index in [1.165, 1.54) is 31.4 Å². The number of carbonyl (C=O) groups is 2. The van der Waals surface area contributed by atoms with Crippen molar-refractivity contribution in [2.75, 3.05) is 7.05 Å². The minimum atomic E-state index is -1.00. The summed E-state index contributed by atoms with van der Waals surface area (Å²) in [4.78, 5) is 25.3. The Kier molecular flexibility index (Phi) is 4.99. The Bertz CT molecular complexity index is 519. The molecule has 1 amide bonds. The number of nitrogens with zero attached hydrogens (tertiary/aromatic N) is 1. The van der Waals surface area contributed by atoms with E-state index < -0.39 is 5.97 Å². The van der Waals surface area contributed by atoms with Gasteiger partial charge in [-0.05, 0) is 49.8 Å². The molecule has 1 N–H and O–H groups in total. The van der Waals surface area contributed by atoms with E-state index in [9.17, 15) is 9.59 Å². The fourth-order valence-corrected chi connectivity index (χ4v) is 3.10. The average Bonchev–Trinajstić information content (AvgIpc) is 2.53. The molecule has 0 radical (unpaired) electrons. The van der Waals surface area contributed by atoms with Gasteiger partial charge in [0.05, 0.1) is 5.56 Å². The molecule has 4 heteroatoms. The number of rotatable bonds is 4. The van der Waals surface area contributed by atoms with Crippen molar-refractivity contribution in [1.82, 2.24) is 4.90 Å². The van der Waals surface area contributed by atoms with Gasteiger partial charge in [0.25, 0.3) is 5.91 Å². The van der Waals surface area contributed by atoms with Crippen molar-refractivity contribution in [3.05, 3.63) is 35.4 Å². The zero-order chi connectivity index (χ0) is 15.4. The van der Waals surface area contributed by atoms with Crippen molar-refractivity contribution in [3.8, 4) is 0 Å². The number of hydrogen-bond donors (Lipinski definition) is 1. The van der Waals surface area contributed by atoms with Gasteiger partial charge in [0.1, 0.15) is 0 Å². The Morgan fingerprint density at radius 2 is 1.81 bits per heavy atom. The van der Waals surface area contributed by atoms with Gasteiger partial charge >= 0.3 is 5.97 Å². The zero-order valence-corrected chi connectivity index (χ0v) is 12.7. The highest BCUT2D eigenvalue weighted by molar-refractivity contribution is 5.97. The fraction of sp³-hybridized carbons (Fsp3) is 0.529. The third kappa shape index (κ3) is 3.63. The second-order valence-electron chi connectivity index (χ2n) is 5.88. The van der Waals surface area contributed by atoms with E-state index in [0.29, 0.717) is 5.56 Å². The van der Waals surface area contributed by atoms with Gasteiger partial charge in [0, 0.05) is 18.7 Å². The van der Waals surface area contributed by atoms with E-state index in [1.54, 1.807) is 17.0 Å². The molecule has 1 fully saturated rings. The van der Waals surface area contributed by atoms with Gasteiger partial charge in [-0.15, -0.1) is 0 Å². The second-order valence-corrected chi connectivity index (χ2v) is 5.88. The standard InChI is InChI=1S/C17H23NO3/c1-3-12-7-9-15(10-8-12)18(2)16(19)13-5-4-6-14(11-13)17(20)21/h4-6,11-12,15H,3,7-10H2,1-2H3,(H,20,21). The maximum absolute atomic E-state index is 12.5. The minimum absolute atomic E-state index is 0.0851. The van der Waals surface area contributed by atoms with Crippen LogP contribution in [-0.4, -0.2) is 35.0 Å². The number of carboxylic acid groups (broad SMARTS) is 1. The maximum Gasteiger partial charge on any atom is 0.335 e. The molecular formula is C17H23NO3. The van der Waals surface area contributed by atoms with Crippen molar-refractivity contribution in [3.63, 3.8) is 0 Å². The number of benzene rings is 1. The average molecular weight is 289 g/mol. The van der Waals surface area contributed by atoms with Crippen molar-refractivity contribution in [1.29, 1.82) is 0 Å². The summed E-state index contributed by atoms with van der Waals surface area (Å²) >= 11 is 0. The molecule has 0 spiro atoms. The quantitative estimate of drug-likeness (QED) is 0.924. The van der Waals surface area contributed by atoms with Crippen LogP contribution in [0, 0.1) is 5.92 Å². The Morgan fingerprint density at radius 1 is 1.19 bits per heavy atom. The summed E-state index contributed by atoms with van der Waals surface area (Å²) in [5.74, 6) is -0.297. The summed E-state index contributed by atoms with van der Waals surface area (Å²) in [6.07, 6.45) is 5.64. The lowest BCUT2D eigenvalue weighted by molar-refractivity contribution is 0.0674. The summed E-state index contributed by atoms with van der Waals surface area (Å²) in [6, 6.07) is 6.54. The van der Waals surface area contributed by atoms with Crippen LogP contribution in [0.5, 0.6) is 0 Å². The van der Waals surface area contributed by atoms with Crippen molar-refractivity contribution in [2.24, 2.45) is 5.92 Å². The summed E-state index contributed by atoms with van der Waals surface area (Å²) in [5.41, 5.74) is 0.610. The molecule has 0 atom stereocenters. The zero-order valence-electron chi connectivity index (χ0n) is 12.7. The van der Waals surface area contributed by atoms with Gasteiger partial charge in [0.15, 0.2) is 0 Å². The van der Waals surface area contributed by atoms with Crippen LogP contribution < -0.4 is 0 Å². The molecule has 0 aliphatic heterocycles. The first-order valence-electron chi connectivity index (χ1n) is 7.63. The number of hydrogen-bond acceptors (Lipinski definition) is 2. The maximum atomic E-state index is 12.5. The highest BCUT2D eigenvalue weighted by Crippen LogP contribution is 2.29. The van der Waals surface area contributed by atoms with Crippen LogP contribution in [0.15, 0.2) is 24.3 Å². The lowest BCUT2D eigenvalue weighted by atomic mass is 9.84. The molecular weight excluding hydrogens is 266 g/mol. The Hall–Kier alpha value is -1.84. The molecule has 0 bridgehead atoms. The minimum Gasteiger partial charge on any atom is -0.478 e. The smallest absolute Gasteiger partial charge is 0.335 e. The molecule has 114 valence electrons. The Morgan fingerprint density at radius 3 is 2.38 bits per heavy atom. The van der Waals surface area contributed by atoms with Gasteiger partial charge in [0.2, 0.25) is 0 Å². The monoisotopic (exact) mass is 289 g/mol. The van der Waals surface area contributed by atoms with Crippen LogP contribution in [0.1, 0.15) is 59.7 Å². The van der Waals surface area contributed by atoms with Crippen LogP contribution in [0.4, 0.5) is 0 Å². The van der Waals surface area contributed by atoms with Crippen molar-refractivity contribution >= 4 is 11.9 Å². The van der Waals surface area contributed by atoms with E-state index in [0.717, 1.165) is 18.8 Å².